The van der Waals surface area contributed by atoms with Crippen molar-refractivity contribution in [3.63, 3.8) is 0 Å². The van der Waals surface area contributed by atoms with Crippen LogP contribution in [0.15, 0.2) is 18.3 Å². The predicted molar refractivity (Wildman–Crippen MR) is 77.3 cm³/mol. The van der Waals surface area contributed by atoms with Crippen LogP contribution >= 0.6 is 0 Å². The molecule has 1 N–H and O–H groups in total. The van der Waals surface area contributed by atoms with Crippen molar-refractivity contribution in [2.75, 3.05) is 11.9 Å². The third kappa shape index (κ3) is 2.88. The minimum absolute atomic E-state index is 0.101. The van der Waals surface area contributed by atoms with E-state index in [4.69, 9.17) is 0 Å². The summed E-state index contributed by atoms with van der Waals surface area (Å²) in [6.07, 6.45) is 5.11. The first-order chi connectivity index (χ1) is 9.15. The van der Waals surface area contributed by atoms with Gasteiger partial charge in [-0.2, -0.15) is 0 Å². The van der Waals surface area contributed by atoms with Crippen molar-refractivity contribution < 1.29 is 4.79 Å². The second-order valence-electron chi connectivity index (χ2n) is 5.27. The molecule has 1 aliphatic rings. The maximum atomic E-state index is 12.8. The molecule has 104 valence electrons. The number of hydrogen-bond donors (Lipinski definition) is 1. The summed E-state index contributed by atoms with van der Waals surface area (Å²) in [5.41, 5.74) is 0.685. The molecule has 4 nitrogen and oxygen atoms in total. The number of piperidine rings is 1. The molecule has 2 heterocycles. The Bertz CT molecular complexity index is 437. The SMILES string of the molecule is CCNc1ncccc1C(=O)N1[C@H](C)CCC[C@@H]1C. The van der Waals surface area contributed by atoms with Gasteiger partial charge in [-0.1, -0.05) is 0 Å². The summed E-state index contributed by atoms with van der Waals surface area (Å²) in [7, 11) is 0. The van der Waals surface area contributed by atoms with Crippen LogP contribution in [0.25, 0.3) is 0 Å². The first kappa shape index (κ1) is 13.8. The monoisotopic (exact) mass is 261 g/mol. The summed E-state index contributed by atoms with van der Waals surface area (Å²) in [6.45, 7) is 7.05. The molecule has 0 aliphatic carbocycles. The van der Waals surface area contributed by atoms with Crippen molar-refractivity contribution in [1.29, 1.82) is 0 Å². The Labute approximate surface area is 115 Å². The van der Waals surface area contributed by atoms with Gasteiger partial charge in [0.25, 0.3) is 5.91 Å². The van der Waals surface area contributed by atoms with Crippen LogP contribution in [0.5, 0.6) is 0 Å². The maximum absolute atomic E-state index is 12.8. The minimum atomic E-state index is 0.101. The van der Waals surface area contributed by atoms with Crippen molar-refractivity contribution in [2.45, 2.75) is 52.1 Å². The number of nitrogens with zero attached hydrogens (tertiary/aromatic N) is 2. The van der Waals surface area contributed by atoms with Crippen LogP contribution < -0.4 is 5.32 Å². The average molecular weight is 261 g/mol. The van der Waals surface area contributed by atoms with Gasteiger partial charge in [-0.25, -0.2) is 4.98 Å². The Morgan fingerprint density at radius 3 is 2.74 bits per heavy atom. The van der Waals surface area contributed by atoms with Gasteiger partial charge in [0.15, 0.2) is 0 Å². The van der Waals surface area contributed by atoms with Gasteiger partial charge in [-0.15, -0.1) is 0 Å². The first-order valence-electron chi connectivity index (χ1n) is 7.16. The van der Waals surface area contributed by atoms with Crippen molar-refractivity contribution in [3.8, 4) is 0 Å². The first-order valence-corrected chi connectivity index (χ1v) is 7.16. The summed E-state index contributed by atoms with van der Waals surface area (Å²) >= 11 is 0. The summed E-state index contributed by atoms with van der Waals surface area (Å²) in [5.74, 6) is 0.795. The molecule has 2 rings (SSSR count). The van der Waals surface area contributed by atoms with Crippen LogP contribution in [0.4, 0.5) is 5.82 Å². The van der Waals surface area contributed by atoms with Gasteiger partial charge in [-0.05, 0) is 52.2 Å². The number of anilines is 1. The van der Waals surface area contributed by atoms with Crippen LogP contribution in [0.2, 0.25) is 0 Å². The lowest BCUT2D eigenvalue weighted by atomic mass is 9.96. The molecule has 0 spiro atoms. The van der Waals surface area contributed by atoms with E-state index in [1.165, 1.54) is 6.42 Å². The average Bonchev–Trinajstić information content (AvgIpc) is 2.39. The number of carbonyl (C=O) groups is 1. The minimum Gasteiger partial charge on any atom is -0.370 e. The predicted octanol–water partition coefficient (Wildman–Crippen LogP) is 2.92. The molecule has 1 fully saturated rings. The Balaban J connectivity index is 2.27. The molecular weight excluding hydrogens is 238 g/mol. The van der Waals surface area contributed by atoms with Gasteiger partial charge in [0.2, 0.25) is 0 Å². The molecule has 19 heavy (non-hydrogen) atoms. The molecule has 0 saturated carbocycles. The van der Waals surface area contributed by atoms with E-state index in [1.54, 1.807) is 6.20 Å². The largest absolute Gasteiger partial charge is 0.370 e. The lowest BCUT2D eigenvalue weighted by Gasteiger charge is -2.39. The Morgan fingerprint density at radius 1 is 1.42 bits per heavy atom. The van der Waals surface area contributed by atoms with Crippen LogP contribution in [0.1, 0.15) is 50.4 Å². The van der Waals surface area contributed by atoms with Gasteiger partial charge in [-0.3, -0.25) is 4.79 Å². The fourth-order valence-electron chi connectivity index (χ4n) is 2.85. The molecule has 1 aromatic rings. The summed E-state index contributed by atoms with van der Waals surface area (Å²) < 4.78 is 0. The fourth-order valence-corrected chi connectivity index (χ4v) is 2.85. The summed E-state index contributed by atoms with van der Waals surface area (Å²) in [5, 5.41) is 3.17. The molecule has 1 saturated heterocycles. The number of carbonyl (C=O) groups excluding carboxylic acids is 1. The number of aromatic nitrogens is 1. The standard InChI is InChI=1S/C15H23N3O/c1-4-16-14-13(9-6-10-17-14)15(19)18-11(2)7-5-8-12(18)3/h6,9-12H,4-5,7-8H2,1-3H3,(H,16,17)/t11-,12+. The van der Waals surface area contributed by atoms with Crippen LogP contribution in [0.3, 0.4) is 0 Å². The quantitative estimate of drug-likeness (QED) is 0.910. The van der Waals surface area contributed by atoms with Gasteiger partial charge >= 0.3 is 0 Å². The topological polar surface area (TPSA) is 45.2 Å². The molecule has 1 aromatic heterocycles. The summed E-state index contributed by atoms with van der Waals surface area (Å²) in [6, 6.07) is 4.31. The van der Waals surface area contributed by atoms with Crippen LogP contribution in [-0.2, 0) is 0 Å². The van der Waals surface area contributed by atoms with E-state index < -0.39 is 0 Å². The zero-order valence-electron chi connectivity index (χ0n) is 12.0. The molecule has 0 radical (unpaired) electrons. The highest BCUT2D eigenvalue weighted by atomic mass is 16.2. The number of pyridine rings is 1. The van der Waals surface area contributed by atoms with Crippen molar-refractivity contribution in [1.82, 2.24) is 9.88 Å². The van der Waals surface area contributed by atoms with Crippen LogP contribution in [-0.4, -0.2) is 34.4 Å². The molecule has 4 heteroatoms. The number of amides is 1. The van der Waals surface area contributed by atoms with Gasteiger partial charge in [0.05, 0.1) is 5.56 Å². The fraction of sp³-hybridized carbons (Fsp3) is 0.600. The Kier molecular flexibility index (Phi) is 4.40. The van der Waals surface area contributed by atoms with E-state index >= 15 is 0 Å². The molecular formula is C15H23N3O. The molecule has 1 amide bonds. The van der Waals surface area contributed by atoms with Gasteiger partial charge in [0, 0.05) is 24.8 Å². The molecule has 2 atom stereocenters. The third-order valence-corrected chi connectivity index (χ3v) is 3.81. The van der Waals surface area contributed by atoms with E-state index in [-0.39, 0.29) is 5.91 Å². The van der Waals surface area contributed by atoms with E-state index in [2.05, 4.69) is 24.1 Å². The second-order valence-corrected chi connectivity index (χ2v) is 5.27. The second kappa shape index (κ2) is 6.04. The van der Waals surface area contributed by atoms with Crippen molar-refractivity contribution in [3.05, 3.63) is 23.9 Å². The number of rotatable bonds is 3. The van der Waals surface area contributed by atoms with Crippen molar-refractivity contribution >= 4 is 11.7 Å². The molecule has 0 aromatic carbocycles. The van der Waals surface area contributed by atoms with Crippen molar-refractivity contribution in [2.24, 2.45) is 0 Å². The number of nitrogens with one attached hydrogen (secondary N) is 1. The number of hydrogen-bond acceptors (Lipinski definition) is 3. The number of likely N-dealkylation sites (tertiary alicyclic amines) is 1. The van der Waals surface area contributed by atoms with E-state index in [9.17, 15) is 4.79 Å². The normalized spacial score (nSPS) is 23.2. The Morgan fingerprint density at radius 2 is 2.11 bits per heavy atom. The van der Waals surface area contributed by atoms with E-state index in [0.717, 1.165) is 19.4 Å². The smallest absolute Gasteiger partial charge is 0.258 e. The lowest BCUT2D eigenvalue weighted by molar-refractivity contribution is 0.0511. The molecule has 0 bridgehead atoms. The van der Waals surface area contributed by atoms with Crippen LogP contribution in [0, 0.1) is 0 Å². The Hall–Kier alpha value is -1.58. The zero-order valence-corrected chi connectivity index (χ0v) is 12.0. The summed E-state index contributed by atoms with van der Waals surface area (Å²) in [4.78, 5) is 19.1. The highest BCUT2D eigenvalue weighted by molar-refractivity contribution is 5.99. The zero-order chi connectivity index (χ0) is 13.8. The molecule has 1 aliphatic heterocycles. The molecule has 0 unspecified atom stereocenters. The highest BCUT2D eigenvalue weighted by Crippen LogP contribution is 2.26. The maximum Gasteiger partial charge on any atom is 0.258 e. The van der Waals surface area contributed by atoms with E-state index in [0.29, 0.717) is 23.5 Å². The lowest BCUT2D eigenvalue weighted by Crippen LogP contribution is -2.47. The third-order valence-electron chi connectivity index (χ3n) is 3.81. The van der Waals surface area contributed by atoms with E-state index in [1.807, 2.05) is 24.0 Å². The van der Waals surface area contributed by atoms with Gasteiger partial charge in [0.1, 0.15) is 5.82 Å². The van der Waals surface area contributed by atoms with Gasteiger partial charge < -0.3 is 10.2 Å². The highest BCUT2D eigenvalue weighted by Gasteiger charge is 2.30.